The van der Waals surface area contributed by atoms with E-state index in [0.717, 1.165) is 32.1 Å². The molecule has 6 nitrogen and oxygen atoms in total. The van der Waals surface area contributed by atoms with E-state index in [4.69, 9.17) is 5.11 Å². The maximum Gasteiger partial charge on any atom is 0.177 e. The van der Waals surface area contributed by atoms with Crippen molar-refractivity contribution in [1.82, 2.24) is 0 Å². The molecular formula is C21H41NO5. The predicted molar refractivity (Wildman–Crippen MR) is 105 cm³/mol. The molecule has 0 aromatic carbocycles. The number of aliphatic hydroxyl groups is 2. The van der Waals surface area contributed by atoms with Crippen LogP contribution < -0.4 is 5.11 Å². The van der Waals surface area contributed by atoms with Gasteiger partial charge in [-0.1, -0.05) is 57.8 Å². The Morgan fingerprint density at radius 1 is 0.815 bits per heavy atom. The summed E-state index contributed by atoms with van der Waals surface area (Å²) in [5, 5.41) is 30.2. The van der Waals surface area contributed by atoms with Gasteiger partial charge in [0.15, 0.2) is 11.4 Å². The van der Waals surface area contributed by atoms with Crippen molar-refractivity contribution in [2.75, 3.05) is 34.3 Å². The van der Waals surface area contributed by atoms with Gasteiger partial charge in [0.25, 0.3) is 0 Å². The molecule has 0 aromatic heterocycles. The molecule has 0 fully saturated rings. The Bertz CT molecular complexity index is 419. The van der Waals surface area contributed by atoms with Crippen molar-refractivity contribution < 1.29 is 29.4 Å². The maximum atomic E-state index is 12.4. The molecule has 0 radical (unpaired) electrons. The minimum absolute atomic E-state index is 0.0676. The lowest BCUT2D eigenvalue weighted by atomic mass is 9.89. The number of carbonyl (C=O) groups excluding carboxylic acids is 2. The van der Waals surface area contributed by atoms with Crippen LogP contribution in [0.4, 0.5) is 0 Å². The Labute approximate surface area is 165 Å². The van der Waals surface area contributed by atoms with Crippen LogP contribution in [0.5, 0.6) is 0 Å². The third-order valence-corrected chi connectivity index (χ3v) is 4.75. The molecule has 6 heteroatoms. The third kappa shape index (κ3) is 14.7. The second-order valence-corrected chi connectivity index (χ2v) is 8.81. The van der Waals surface area contributed by atoms with E-state index in [0.29, 0.717) is 17.5 Å². The largest absolute Gasteiger partial charge is 0.550 e. The summed E-state index contributed by atoms with van der Waals surface area (Å²) in [5.74, 6) is -1.78. The van der Waals surface area contributed by atoms with Crippen LogP contribution in [0.15, 0.2) is 0 Å². The molecular weight excluding hydrogens is 346 g/mol. The summed E-state index contributed by atoms with van der Waals surface area (Å²) >= 11 is 0. The number of ketones is 1. The summed E-state index contributed by atoms with van der Waals surface area (Å²) < 4.78 is 0.315. The van der Waals surface area contributed by atoms with E-state index in [9.17, 15) is 19.8 Å². The summed E-state index contributed by atoms with van der Waals surface area (Å²) in [5.41, 5.74) is -1.84. The molecule has 1 unspecified atom stereocenters. The Hall–Kier alpha value is -0.980. The van der Waals surface area contributed by atoms with Crippen molar-refractivity contribution in [3.8, 4) is 0 Å². The highest BCUT2D eigenvalue weighted by molar-refractivity contribution is 5.90. The fourth-order valence-corrected chi connectivity index (χ4v) is 3.49. The average Bonchev–Trinajstić information content (AvgIpc) is 2.53. The molecule has 27 heavy (non-hydrogen) atoms. The Balaban J connectivity index is 3.91. The molecule has 0 heterocycles. The van der Waals surface area contributed by atoms with Crippen LogP contribution in [-0.4, -0.2) is 66.3 Å². The van der Waals surface area contributed by atoms with Crippen LogP contribution in [0.2, 0.25) is 0 Å². The van der Waals surface area contributed by atoms with E-state index in [2.05, 4.69) is 0 Å². The number of carbonyl (C=O) groups is 2. The van der Waals surface area contributed by atoms with Crippen LogP contribution >= 0.6 is 0 Å². The van der Waals surface area contributed by atoms with Crippen LogP contribution in [-0.2, 0) is 9.59 Å². The zero-order valence-corrected chi connectivity index (χ0v) is 17.7. The normalized spacial score (nSPS) is 14.1. The quantitative estimate of drug-likeness (QED) is 0.276. The number of quaternary nitrogens is 1. The highest BCUT2D eigenvalue weighted by atomic mass is 16.4. The second-order valence-electron chi connectivity index (χ2n) is 8.81. The van der Waals surface area contributed by atoms with Gasteiger partial charge in [0.05, 0.1) is 21.1 Å². The first kappa shape index (κ1) is 26.0. The predicted octanol–water partition coefficient (Wildman–Crippen LogP) is 1.81. The third-order valence-electron chi connectivity index (χ3n) is 4.75. The molecule has 0 saturated carbocycles. The number of hydrogen-bond donors (Lipinski definition) is 2. The Kier molecular flexibility index (Phi) is 13.6. The van der Waals surface area contributed by atoms with Crippen LogP contribution in [0, 0.1) is 0 Å². The highest BCUT2D eigenvalue weighted by Gasteiger charge is 2.40. The number of Topliss-reactive ketones (excluding diaryl/α,β-unsaturated/α-hetero) is 1. The molecule has 0 amide bonds. The topological polar surface area (TPSA) is 97.7 Å². The van der Waals surface area contributed by atoms with Gasteiger partial charge in [-0.25, -0.2) is 0 Å². The van der Waals surface area contributed by atoms with Crippen LogP contribution in [0.1, 0.15) is 83.5 Å². The number of aliphatic carboxylic acids is 1. The monoisotopic (exact) mass is 387 g/mol. The van der Waals surface area contributed by atoms with Gasteiger partial charge in [0.2, 0.25) is 0 Å². The summed E-state index contributed by atoms with van der Waals surface area (Å²) in [6.07, 6.45) is 11.5. The van der Waals surface area contributed by atoms with Crippen molar-refractivity contribution in [1.29, 1.82) is 0 Å². The molecule has 0 saturated heterocycles. The first-order valence-electron chi connectivity index (χ1n) is 10.5. The van der Waals surface area contributed by atoms with Gasteiger partial charge in [-0.05, 0) is 12.8 Å². The second kappa shape index (κ2) is 14.1. The summed E-state index contributed by atoms with van der Waals surface area (Å²) in [6, 6.07) is 0. The number of likely N-dealkylation sites (N-methyl/N-ethyl adjacent to an activating group) is 1. The van der Waals surface area contributed by atoms with E-state index in [1.807, 2.05) is 21.1 Å². The zero-order valence-electron chi connectivity index (χ0n) is 17.7. The molecule has 0 aliphatic rings. The van der Waals surface area contributed by atoms with Gasteiger partial charge < -0.3 is 24.6 Å². The fourth-order valence-electron chi connectivity index (χ4n) is 3.49. The van der Waals surface area contributed by atoms with Crippen molar-refractivity contribution in [2.24, 2.45) is 0 Å². The molecule has 0 bridgehead atoms. The molecule has 1 atom stereocenters. The number of carboxylic acids is 1. The Morgan fingerprint density at radius 2 is 1.22 bits per heavy atom. The standard InChI is InChI=1S/C21H41NO5/c1-22(2,3)18-21(27,17-20(25)26)19(24)15-13-11-9-7-5-4-6-8-10-12-14-16-23/h23,27H,4-18H2,1-3H3. The molecule has 0 aliphatic heterocycles. The fraction of sp³-hybridized carbons (Fsp3) is 0.905. The minimum atomic E-state index is -1.84. The van der Waals surface area contributed by atoms with Crippen molar-refractivity contribution in [3.05, 3.63) is 0 Å². The van der Waals surface area contributed by atoms with E-state index in [1.165, 1.54) is 32.1 Å². The van der Waals surface area contributed by atoms with Gasteiger partial charge >= 0.3 is 0 Å². The Morgan fingerprint density at radius 3 is 1.59 bits per heavy atom. The van der Waals surface area contributed by atoms with Crippen molar-refractivity contribution in [2.45, 2.75) is 89.1 Å². The van der Waals surface area contributed by atoms with Gasteiger partial charge in [-0.2, -0.15) is 0 Å². The smallest absolute Gasteiger partial charge is 0.177 e. The highest BCUT2D eigenvalue weighted by Crippen LogP contribution is 2.20. The first-order valence-corrected chi connectivity index (χ1v) is 10.5. The van der Waals surface area contributed by atoms with Crippen LogP contribution in [0.25, 0.3) is 0 Å². The molecule has 0 spiro atoms. The van der Waals surface area contributed by atoms with E-state index in [-0.39, 0.29) is 18.7 Å². The molecule has 0 aliphatic carbocycles. The molecule has 160 valence electrons. The van der Waals surface area contributed by atoms with Crippen molar-refractivity contribution >= 4 is 11.8 Å². The number of nitrogens with zero attached hydrogens (tertiary/aromatic N) is 1. The number of aliphatic hydroxyl groups excluding tert-OH is 1. The van der Waals surface area contributed by atoms with E-state index < -0.39 is 18.0 Å². The maximum absolute atomic E-state index is 12.4. The molecule has 0 aromatic rings. The molecule has 0 rings (SSSR count). The zero-order chi connectivity index (χ0) is 20.8. The van der Waals surface area contributed by atoms with E-state index >= 15 is 0 Å². The molecule has 2 N–H and O–H groups in total. The van der Waals surface area contributed by atoms with Gasteiger partial charge in [0, 0.05) is 25.4 Å². The lowest BCUT2D eigenvalue weighted by molar-refractivity contribution is -0.875. The van der Waals surface area contributed by atoms with Gasteiger partial charge in [-0.3, -0.25) is 4.79 Å². The van der Waals surface area contributed by atoms with Crippen LogP contribution in [0.3, 0.4) is 0 Å². The average molecular weight is 388 g/mol. The summed E-state index contributed by atoms with van der Waals surface area (Å²) in [4.78, 5) is 23.3. The first-order chi connectivity index (χ1) is 12.6. The summed E-state index contributed by atoms with van der Waals surface area (Å²) in [6.45, 7) is 0.362. The number of carboxylic acid groups (broad SMARTS) is 1. The lowest BCUT2D eigenvalue weighted by Crippen LogP contribution is -2.56. The van der Waals surface area contributed by atoms with E-state index in [1.54, 1.807) is 0 Å². The van der Waals surface area contributed by atoms with Gasteiger partial charge in [-0.15, -0.1) is 0 Å². The number of unbranched alkanes of at least 4 members (excludes halogenated alkanes) is 10. The minimum Gasteiger partial charge on any atom is -0.550 e. The lowest BCUT2D eigenvalue weighted by Gasteiger charge is -2.34. The SMILES string of the molecule is C[N+](C)(C)CC(O)(CC(=O)[O-])C(=O)CCCCCCCCCCCCCO. The van der Waals surface area contributed by atoms with Gasteiger partial charge in [0.1, 0.15) is 6.54 Å². The van der Waals surface area contributed by atoms with Crippen molar-refractivity contribution in [3.63, 3.8) is 0 Å². The summed E-state index contributed by atoms with van der Waals surface area (Å²) in [7, 11) is 5.46. The number of rotatable bonds is 18. The number of hydrogen-bond acceptors (Lipinski definition) is 5.